The highest BCUT2D eigenvalue weighted by atomic mass is 31.2. The van der Waals surface area contributed by atoms with E-state index in [9.17, 15) is 43.2 Å². The van der Waals surface area contributed by atoms with Gasteiger partial charge in [0.25, 0.3) is 0 Å². The molecule has 0 saturated carbocycles. The molecule has 19 heteroatoms. The highest BCUT2D eigenvalue weighted by Crippen LogP contribution is 2.45. The van der Waals surface area contributed by atoms with Gasteiger partial charge in [-0.2, -0.15) is 0 Å². The number of esters is 4. The van der Waals surface area contributed by atoms with E-state index in [1.807, 2.05) is 0 Å². The Hall–Kier alpha value is -1.94. The average molecular weight is 1380 g/mol. The van der Waals surface area contributed by atoms with Gasteiger partial charge < -0.3 is 33.8 Å². The van der Waals surface area contributed by atoms with E-state index in [0.29, 0.717) is 25.7 Å². The third kappa shape index (κ3) is 67.3. The van der Waals surface area contributed by atoms with Gasteiger partial charge in [0.2, 0.25) is 0 Å². The van der Waals surface area contributed by atoms with Crippen molar-refractivity contribution in [3.8, 4) is 0 Å². The molecule has 6 atom stereocenters. The van der Waals surface area contributed by atoms with Crippen LogP contribution in [0.4, 0.5) is 0 Å². The Morgan fingerprint density at radius 3 is 0.755 bits per heavy atom. The number of ether oxygens (including phenoxy) is 4. The van der Waals surface area contributed by atoms with Gasteiger partial charge in [0.05, 0.1) is 26.4 Å². The van der Waals surface area contributed by atoms with Crippen molar-refractivity contribution in [3.63, 3.8) is 0 Å². The monoisotopic (exact) mass is 1380 g/mol. The SMILES string of the molecule is CCC(C)CCCCCCCCCCC(=O)O[C@H](COC(=O)CCCCCCCCCCCCCCCCCCC(C)C)COP(=O)(O)OCC(O)COP(=O)(O)OC[C@@H](COC(=O)CCCCCCCCCCC(C)C)OC(=O)CCCCCCCCCCCC(C)C. The molecule has 0 radical (unpaired) electrons. The zero-order chi connectivity index (χ0) is 69.6. The molecule has 0 rings (SSSR count). The van der Waals surface area contributed by atoms with Crippen LogP contribution < -0.4 is 0 Å². The summed E-state index contributed by atoms with van der Waals surface area (Å²) in [5, 5.41) is 10.6. The van der Waals surface area contributed by atoms with Gasteiger partial charge in [-0.1, -0.05) is 325 Å². The molecule has 3 N–H and O–H groups in total. The molecule has 0 spiro atoms. The van der Waals surface area contributed by atoms with Crippen molar-refractivity contribution < 1.29 is 80.2 Å². The van der Waals surface area contributed by atoms with Crippen molar-refractivity contribution in [2.45, 2.75) is 395 Å². The van der Waals surface area contributed by atoms with Gasteiger partial charge in [0.1, 0.15) is 19.3 Å². The number of aliphatic hydroxyl groups is 1. The summed E-state index contributed by atoms with van der Waals surface area (Å²) in [7, 11) is -9.91. The first-order valence-corrected chi connectivity index (χ1v) is 41.7. The summed E-state index contributed by atoms with van der Waals surface area (Å²) in [6.07, 6.45) is 48.6. The summed E-state index contributed by atoms with van der Waals surface area (Å²) < 4.78 is 68.5. The number of hydrogen-bond acceptors (Lipinski definition) is 15. The minimum Gasteiger partial charge on any atom is -0.462 e. The molecule has 17 nitrogen and oxygen atoms in total. The normalized spacial score (nSPS) is 14.4. The Morgan fingerprint density at radius 2 is 0.511 bits per heavy atom. The topological polar surface area (TPSA) is 237 Å². The summed E-state index contributed by atoms with van der Waals surface area (Å²) in [6, 6.07) is 0. The molecule has 94 heavy (non-hydrogen) atoms. The van der Waals surface area contributed by atoms with E-state index in [-0.39, 0.29) is 25.7 Å². The number of carbonyl (C=O) groups is 4. The number of phosphoric acid groups is 2. The number of rotatable bonds is 72. The number of phosphoric ester groups is 2. The molecular formula is C75H146O17P2. The van der Waals surface area contributed by atoms with Gasteiger partial charge in [-0.3, -0.25) is 37.3 Å². The second-order valence-electron chi connectivity index (χ2n) is 28.7. The fourth-order valence-corrected chi connectivity index (χ4v) is 12.9. The molecule has 0 aliphatic carbocycles. The standard InChI is InChI=1S/C75H146O17P2/c1-9-68(8)54-46-38-30-24-26-34-42-50-58-75(80)92-71(61-85-72(77)55-47-39-31-21-17-15-13-11-10-12-14-16-19-27-35-43-51-65(2)3)64-90-94(83,84)88-60-69(76)59-87-93(81,82)89-63-70(62-86-73(78)56-48-40-32-25-23-29-37-45-53-67(6)7)91-74(79)57-49-41-33-22-18-20-28-36-44-52-66(4)5/h65-71,76H,9-64H2,1-8H3,(H,81,82)(H,83,84)/t68?,69?,70-,71-/m1/s1. The van der Waals surface area contributed by atoms with Crippen molar-refractivity contribution in [1.82, 2.24) is 0 Å². The summed E-state index contributed by atoms with van der Waals surface area (Å²) in [6.45, 7) is 14.2. The first-order chi connectivity index (χ1) is 45.1. The van der Waals surface area contributed by atoms with Crippen LogP contribution in [0.3, 0.4) is 0 Å². The Balaban J connectivity index is 5.22. The number of unbranched alkanes of at least 4 members (excludes halogenated alkanes) is 37. The van der Waals surface area contributed by atoms with Crippen molar-refractivity contribution in [2.75, 3.05) is 39.6 Å². The van der Waals surface area contributed by atoms with Crippen LogP contribution in [-0.2, 0) is 65.4 Å². The van der Waals surface area contributed by atoms with Crippen LogP contribution in [0, 0.1) is 23.7 Å². The molecule has 558 valence electrons. The third-order valence-electron chi connectivity index (χ3n) is 17.7. The maximum atomic E-state index is 13.1. The molecular weight excluding hydrogens is 1230 g/mol. The Kier molecular flexibility index (Phi) is 63.1. The van der Waals surface area contributed by atoms with Crippen LogP contribution in [0.1, 0.15) is 376 Å². The first kappa shape index (κ1) is 92.1. The maximum absolute atomic E-state index is 13.1. The molecule has 0 aromatic rings. The molecule has 0 amide bonds. The molecule has 0 bridgehead atoms. The van der Waals surface area contributed by atoms with E-state index in [2.05, 4.69) is 55.4 Å². The minimum atomic E-state index is -4.96. The maximum Gasteiger partial charge on any atom is 0.472 e. The van der Waals surface area contributed by atoms with Gasteiger partial charge in [0.15, 0.2) is 12.2 Å². The summed E-state index contributed by atoms with van der Waals surface area (Å²) in [4.78, 5) is 72.7. The molecule has 0 fully saturated rings. The highest BCUT2D eigenvalue weighted by molar-refractivity contribution is 7.47. The van der Waals surface area contributed by atoms with Crippen molar-refractivity contribution in [2.24, 2.45) is 23.7 Å². The van der Waals surface area contributed by atoms with Gasteiger partial charge >= 0.3 is 39.5 Å². The van der Waals surface area contributed by atoms with Gasteiger partial charge in [-0.05, 0) is 49.4 Å². The second-order valence-corrected chi connectivity index (χ2v) is 31.6. The Labute approximate surface area is 575 Å². The van der Waals surface area contributed by atoms with Crippen LogP contribution in [0.5, 0.6) is 0 Å². The largest absolute Gasteiger partial charge is 0.472 e. The molecule has 0 aromatic carbocycles. The van der Waals surface area contributed by atoms with Crippen LogP contribution in [0.25, 0.3) is 0 Å². The smallest absolute Gasteiger partial charge is 0.462 e. The zero-order valence-corrected chi connectivity index (χ0v) is 63.4. The van der Waals surface area contributed by atoms with Crippen molar-refractivity contribution >= 4 is 39.5 Å². The predicted octanol–water partition coefficient (Wildman–Crippen LogP) is 21.7. The Bertz CT molecular complexity index is 1850. The van der Waals surface area contributed by atoms with Crippen LogP contribution in [-0.4, -0.2) is 96.7 Å². The number of aliphatic hydroxyl groups excluding tert-OH is 1. The van der Waals surface area contributed by atoms with E-state index in [1.54, 1.807) is 0 Å². The predicted molar refractivity (Wildman–Crippen MR) is 381 cm³/mol. The van der Waals surface area contributed by atoms with Crippen molar-refractivity contribution in [1.29, 1.82) is 0 Å². The van der Waals surface area contributed by atoms with E-state index >= 15 is 0 Å². The molecule has 0 aromatic heterocycles. The lowest BCUT2D eigenvalue weighted by molar-refractivity contribution is -0.161. The summed E-state index contributed by atoms with van der Waals surface area (Å²) in [5.74, 6) is 0.920. The average Bonchev–Trinajstić information content (AvgIpc) is 1.58. The van der Waals surface area contributed by atoms with E-state index in [1.165, 1.54) is 180 Å². The molecule has 0 saturated heterocycles. The quantitative estimate of drug-likeness (QED) is 0.0222. The van der Waals surface area contributed by atoms with Gasteiger partial charge in [-0.25, -0.2) is 9.13 Å². The van der Waals surface area contributed by atoms with Crippen LogP contribution in [0.2, 0.25) is 0 Å². The third-order valence-corrected chi connectivity index (χ3v) is 19.6. The summed E-state index contributed by atoms with van der Waals surface area (Å²) >= 11 is 0. The lowest BCUT2D eigenvalue weighted by Crippen LogP contribution is -2.30. The molecule has 0 heterocycles. The second kappa shape index (κ2) is 64.4. The van der Waals surface area contributed by atoms with Gasteiger partial charge in [-0.15, -0.1) is 0 Å². The fraction of sp³-hybridized carbons (Fsp3) is 0.947. The highest BCUT2D eigenvalue weighted by Gasteiger charge is 2.30. The van der Waals surface area contributed by atoms with Crippen molar-refractivity contribution in [3.05, 3.63) is 0 Å². The first-order valence-electron chi connectivity index (χ1n) is 38.7. The van der Waals surface area contributed by atoms with E-state index < -0.39 is 97.5 Å². The Morgan fingerprint density at radius 1 is 0.298 bits per heavy atom. The fourth-order valence-electron chi connectivity index (χ4n) is 11.3. The lowest BCUT2D eigenvalue weighted by Gasteiger charge is -2.21. The minimum absolute atomic E-state index is 0.104. The summed E-state index contributed by atoms with van der Waals surface area (Å²) in [5.41, 5.74) is 0. The molecule has 0 aliphatic heterocycles. The molecule has 4 unspecified atom stereocenters. The molecule has 0 aliphatic rings. The number of carbonyl (C=O) groups excluding carboxylic acids is 4. The van der Waals surface area contributed by atoms with Crippen LogP contribution in [0.15, 0.2) is 0 Å². The van der Waals surface area contributed by atoms with Crippen LogP contribution >= 0.6 is 15.6 Å². The lowest BCUT2D eigenvalue weighted by atomic mass is 9.99. The van der Waals surface area contributed by atoms with Gasteiger partial charge in [0, 0.05) is 25.7 Å². The van der Waals surface area contributed by atoms with E-state index in [4.69, 9.17) is 37.0 Å². The van der Waals surface area contributed by atoms with E-state index in [0.717, 1.165) is 114 Å². The number of hydrogen-bond donors (Lipinski definition) is 3. The zero-order valence-electron chi connectivity index (χ0n) is 61.6.